The van der Waals surface area contributed by atoms with Crippen molar-refractivity contribution < 1.29 is 14.3 Å². The first-order valence-electron chi connectivity index (χ1n) is 6.47. The molecular formula is C15H18N2O3. The van der Waals surface area contributed by atoms with Crippen molar-refractivity contribution in [1.82, 2.24) is 9.88 Å². The van der Waals surface area contributed by atoms with Crippen LogP contribution in [0, 0.1) is 0 Å². The molecule has 1 atom stereocenters. The van der Waals surface area contributed by atoms with Gasteiger partial charge >= 0.3 is 0 Å². The summed E-state index contributed by atoms with van der Waals surface area (Å²) in [5.41, 5.74) is 1.51. The van der Waals surface area contributed by atoms with E-state index in [2.05, 4.69) is 5.32 Å². The van der Waals surface area contributed by atoms with Crippen molar-refractivity contribution in [2.45, 2.75) is 19.5 Å². The van der Waals surface area contributed by atoms with Gasteiger partial charge in [0.25, 0.3) is 0 Å². The number of rotatable bonds is 6. The van der Waals surface area contributed by atoms with Gasteiger partial charge in [-0.25, -0.2) is 0 Å². The summed E-state index contributed by atoms with van der Waals surface area (Å²) in [6.45, 7) is 2.59. The number of carbonyl (C=O) groups excluding carboxylic acids is 2. The molecule has 0 aliphatic heterocycles. The van der Waals surface area contributed by atoms with Gasteiger partial charge in [-0.05, 0) is 19.1 Å². The fourth-order valence-electron chi connectivity index (χ4n) is 2.25. The predicted molar refractivity (Wildman–Crippen MR) is 76.8 cm³/mol. The van der Waals surface area contributed by atoms with E-state index in [4.69, 9.17) is 4.74 Å². The lowest BCUT2D eigenvalue weighted by Gasteiger charge is -2.13. The number of fused-ring (bicyclic) bond motifs is 1. The standard InChI is InChI=1S/C15H18N2O3/c1-11(10-20-2)16-15(19)8-17-7-6-13-12(9-18)4-3-5-14(13)17/h3-7,9,11H,8,10H2,1-2H3,(H,16,19). The van der Waals surface area contributed by atoms with E-state index in [0.717, 1.165) is 17.2 Å². The van der Waals surface area contributed by atoms with Crippen molar-refractivity contribution in [2.75, 3.05) is 13.7 Å². The van der Waals surface area contributed by atoms with Gasteiger partial charge < -0.3 is 14.6 Å². The number of aldehydes is 1. The molecule has 2 aromatic rings. The molecule has 20 heavy (non-hydrogen) atoms. The number of carbonyl (C=O) groups is 2. The molecule has 1 heterocycles. The van der Waals surface area contributed by atoms with Crippen LogP contribution in [0.15, 0.2) is 30.5 Å². The third-order valence-corrected chi connectivity index (χ3v) is 3.11. The Bertz CT molecular complexity index is 619. The van der Waals surface area contributed by atoms with E-state index in [1.54, 1.807) is 13.2 Å². The van der Waals surface area contributed by atoms with Crippen molar-refractivity contribution in [3.8, 4) is 0 Å². The van der Waals surface area contributed by atoms with E-state index in [1.165, 1.54) is 0 Å². The number of methoxy groups -OCH3 is 1. The second-order valence-corrected chi connectivity index (χ2v) is 4.77. The Morgan fingerprint density at radius 1 is 1.45 bits per heavy atom. The second kappa shape index (κ2) is 6.34. The van der Waals surface area contributed by atoms with Crippen molar-refractivity contribution in [1.29, 1.82) is 0 Å². The highest BCUT2D eigenvalue weighted by Crippen LogP contribution is 2.18. The molecule has 5 heteroatoms. The molecule has 106 valence electrons. The Labute approximate surface area is 117 Å². The largest absolute Gasteiger partial charge is 0.383 e. The maximum atomic E-state index is 11.9. The lowest BCUT2D eigenvalue weighted by Crippen LogP contribution is -2.37. The van der Waals surface area contributed by atoms with Gasteiger partial charge in [0.1, 0.15) is 6.54 Å². The number of benzene rings is 1. The highest BCUT2D eigenvalue weighted by molar-refractivity contribution is 5.97. The van der Waals surface area contributed by atoms with Crippen molar-refractivity contribution in [3.63, 3.8) is 0 Å². The van der Waals surface area contributed by atoms with Crippen LogP contribution in [-0.4, -0.2) is 36.5 Å². The average molecular weight is 274 g/mol. The molecule has 0 bridgehead atoms. The van der Waals surface area contributed by atoms with Crippen molar-refractivity contribution >= 4 is 23.1 Å². The van der Waals surface area contributed by atoms with Crippen LogP contribution >= 0.6 is 0 Å². The zero-order valence-electron chi connectivity index (χ0n) is 11.6. The molecule has 1 aromatic heterocycles. The molecule has 1 aromatic carbocycles. The third kappa shape index (κ3) is 3.05. The number of hydrogen-bond donors (Lipinski definition) is 1. The second-order valence-electron chi connectivity index (χ2n) is 4.77. The fourth-order valence-corrected chi connectivity index (χ4v) is 2.25. The number of hydrogen-bond acceptors (Lipinski definition) is 3. The fraction of sp³-hybridized carbons (Fsp3) is 0.333. The van der Waals surface area contributed by atoms with Crippen molar-refractivity contribution in [2.24, 2.45) is 0 Å². The summed E-state index contributed by atoms with van der Waals surface area (Å²) in [7, 11) is 1.60. The maximum Gasteiger partial charge on any atom is 0.240 e. The highest BCUT2D eigenvalue weighted by Gasteiger charge is 2.10. The SMILES string of the molecule is COCC(C)NC(=O)Cn1ccc2c(C=O)cccc21. The summed E-state index contributed by atoms with van der Waals surface area (Å²) in [5, 5.41) is 3.72. The summed E-state index contributed by atoms with van der Waals surface area (Å²) in [6, 6.07) is 7.30. The van der Waals surface area contributed by atoms with E-state index >= 15 is 0 Å². The predicted octanol–water partition coefficient (Wildman–Crippen LogP) is 1.60. The van der Waals surface area contributed by atoms with Gasteiger partial charge in [0.2, 0.25) is 5.91 Å². The van der Waals surface area contributed by atoms with Gasteiger partial charge in [0.15, 0.2) is 6.29 Å². The molecule has 0 radical (unpaired) electrons. The van der Waals surface area contributed by atoms with E-state index in [0.29, 0.717) is 12.2 Å². The monoisotopic (exact) mass is 274 g/mol. The van der Waals surface area contributed by atoms with E-state index in [-0.39, 0.29) is 18.5 Å². The minimum atomic E-state index is -0.0800. The zero-order valence-corrected chi connectivity index (χ0v) is 11.6. The molecule has 5 nitrogen and oxygen atoms in total. The summed E-state index contributed by atoms with van der Waals surface area (Å²) < 4.78 is 6.81. The summed E-state index contributed by atoms with van der Waals surface area (Å²) in [6.07, 6.45) is 2.64. The lowest BCUT2D eigenvalue weighted by molar-refractivity contribution is -0.122. The lowest BCUT2D eigenvalue weighted by atomic mass is 10.1. The molecule has 0 saturated heterocycles. The quantitative estimate of drug-likeness (QED) is 0.814. The Kier molecular flexibility index (Phi) is 4.53. The molecule has 0 spiro atoms. The number of nitrogens with one attached hydrogen (secondary N) is 1. The molecule has 0 saturated carbocycles. The first-order chi connectivity index (χ1) is 9.65. The van der Waals surface area contributed by atoms with Crippen molar-refractivity contribution in [3.05, 3.63) is 36.0 Å². The summed E-state index contributed by atoms with van der Waals surface area (Å²) in [5.74, 6) is -0.0800. The number of nitrogens with zero attached hydrogens (tertiary/aromatic N) is 1. The Morgan fingerprint density at radius 2 is 2.25 bits per heavy atom. The first kappa shape index (κ1) is 14.3. The van der Waals surface area contributed by atoms with Gasteiger partial charge in [-0.2, -0.15) is 0 Å². The van der Waals surface area contributed by atoms with Gasteiger partial charge in [-0.1, -0.05) is 12.1 Å². The minimum Gasteiger partial charge on any atom is -0.383 e. The zero-order chi connectivity index (χ0) is 14.5. The Morgan fingerprint density at radius 3 is 2.95 bits per heavy atom. The van der Waals surface area contributed by atoms with Crippen LogP contribution in [0.4, 0.5) is 0 Å². The third-order valence-electron chi connectivity index (χ3n) is 3.11. The minimum absolute atomic E-state index is 0.0279. The van der Waals surface area contributed by atoms with Crippen LogP contribution in [0.5, 0.6) is 0 Å². The van der Waals surface area contributed by atoms with Crippen LogP contribution in [0.3, 0.4) is 0 Å². The smallest absolute Gasteiger partial charge is 0.240 e. The summed E-state index contributed by atoms with van der Waals surface area (Å²) in [4.78, 5) is 22.9. The molecule has 1 amide bonds. The normalized spacial score (nSPS) is 12.3. The molecule has 2 rings (SSSR count). The molecule has 1 unspecified atom stereocenters. The number of ether oxygens (including phenoxy) is 1. The van der Waals surface area contributed by atoms with E-state index in [9.17, 15) is 9.59 Å². The van der Waals surface area contributed by atoms with Crippen LogP contribution < -0.4 is 5.32 Å². The van der Waals surface area contributed by atoms with Gasteiger partial charge in [0, 0.05) is 35.8 Å². The molecular weight excluding hydrogens is 256 g/mol. The highest BCUT2D eigenvalue weighted by atomic mass is 16.5. The average Bonchev–Trinajstić information content (AvgIpc) is 2.82. The van der Waals surface area contributed by atoms with E-state index < -0.39 is 0 Å². The maximum absolute atomic E-state index is 11.9. The topological polar surface area (TPSA) is 60.3 Å². The number of amides is 1. The van der Waals surface area contributed by atoms with Crippen LogP contribution in [0.1, 0.15) is 17.3 Å². The first-order valence-corrected chi connectivity index (χ1v) is 6.47. The molecule has 0 aliphatic rings. The number of aromatic nitrogens is 1. The van der Waals surface area contributed by atoms with Gasteiger partial charge in [0.05, 0.1) is 6.61 Å². The van der Waals surface area contributed by atoms with Crippen LogP contribution in [0.2, 0.25) is 0 Å². The molecule has 1 N–H and O–H groups in total. The Balaban J connectivity index is 2.14. The van der Waals surface area contributed by atoms with Gasteiger partial charge in [-0.15, -0.1) is 0 Å². The van der Waals surface area contributed by atoms with Crippen LogP contribution in [0.25, 0.3) is 10.9 Å². The molecule has 0 aliphatic carbocycles. The van der Waals surface area contributed by atoms with Gasteiger partial charge in [-0.3, -0.25) is 9.59 Å². The van der Waals surface area contributed by atoms with Crippen LogP contribution in [-0.2, 0) is 16.1 Å². The molecule has 0 fully saturated rings. The van der Waals surface area contributed by atoms with E-state index in [1.807, 2.05) is 35.9 Å². The summed E-state index contributed by atoms with van der Waals surface area (Å²) >= 11 is 0. The Hall–Kier alpha value is -2.14.